The number of furan rings is 1. The van der Waals surface area contributed by atoms with E-state index < -0.39 is 0 Å². The number of aromatic nitrogens is 2. The zero-order valence-electron chi connectivity index (χ0n) is 27.6. The molecule has 3 heterocycles. The van der Waals surface area contributed by atoms with Gasteiger partial charge >= 0.3 is 0 Å². The van der Waals surface area contributed by atoms with Gasteiger partial charge in [-0.25, -0.2) is 0 Å². The van der Waals surface area contributed by atoms with Crippen LogP contribution in [0.2, 0.25) is 0 Å². The van der Waals surface area contributed by atoms with Crippen molar-refractivity contribution in [3.63, 3.8) is 0 Å². The molecule has 0 aliphatic rings. The number of nitrogens with zero attached hydrogens (tertiary/aromatic N) is 2. The van der Waals surface area contributed by atoms with Gasteiger partial charge in [-0.15, -0.1) is 0 Å². The van der Waals surface area contributed by atoms with E-state index in [2.05, 4.69) is 191 Å². The predicted octanol–water partition coefficient (Wildman–Crippen LogP) is 13.1. The second-order valence-corrected chi connectivity index (χ2v) is 13.4. The molecule has 51 heavy (non-hydrogen) atoms. The lowest BCUT2D eigenvalue weighted by molar-refractivity contribution is 0.669. The predicted molar refractivity (Wildman–Crippen MR) is 213 cm³/mol. The molecule has 0 N–H and O–H groups in total. The van der Waals surface area contributed by atoms with E-state index in [1.807, 2.05) is 0 Å². The topological polar surface area (TPSA) is 23.0 Å². The molecule has 3 nitrogen and oxygen atoms in total. The Labute approximate surface area is 293 Å². The van der Waals surface area contributed by atoms with E-state index in [0.717, 1.165) is 33.3 Å². The number of rotatable bonds is 4. The lowest BCUT2D eigenvalue weighted by atomic mass is 10.0. The quantitative estimate of drug-likeness (QED) is 0.186. The third kappa shape index (κ3) is 4.25. The molecule has 238 valence electrons. The molecule has 0 atom stereocenters. The molecular weight excluding hydrogens is 621 g/mol. The molecule has 0 radical (unpaired) electrons. The fraction of sp³-hybridized carbons (Fsp3) is 0. The summed E-state index contributed by atoms with van der Waals surface area (Å²) in [6.45, 7) is 0. The average molecular weight is 651 g/mol. The van der Waals surface area contributed by atoms with Gasteiger partial charge in [0.05, 0.1) is 22.1 Å². The second-order valence-electron chi connectivity index (χ2n) is 13.4. The van der Waals surface area contributed by atoms with Gasteiger partial charge in [-0.2, -0.15) is 0 Å². The van der Waals surface area contributed by atoms with Crippen molar-refractivity contribution >= 4 is 65.6 Å². The summed E-state index contributed by atoms with van der Waals surface area (Å²) < 4.78 is 11.2. The summed E-state index contributed by atoms with van der Waals surface area (Å²) in [6.07, 6.45) is 0. The zero-order chi connectivity index (χ0) is 33.5. The van der Waals surface area contributed by atoms with E-state index in [1.165, 1.54) is 65.9 Å². The van der Waals surface area contributed by atoms with Gasteiger partial charge in [-0.3, -0.25) is 0 Å². The number of hydrogen-bond donors (Lipinski definition) is 0. The number of para-hydroxylation sites is 3. The van der Waals surface area contributed by atoms with Crippen LogP contribution in [0.25, 0.3) is 99.2 Å². The number of fused-ring (bicyclic) bond motifs is 9. The summed E-state index contributed by atoms with van der Waals surface area (Å²) in [5, 5.41) is 7.20. The van der Waals surface area contributed by atoms with Crippen LogP contribution in [0.3, 0.4) is 0 Å². The Kier molecular flexibility index (Phi) is 5.96. The maximum Gasteiger partial charge on any atom is 0.136 e. The zero-order valence-corrected chi connectivity index (χ0v) is 27.6. The van der Waals surface area contributed by atoms with Gasteiger partial charge in [0.1, 0.15) is 11.2 Å². The van der Waals surface area contributed by atoms with Crippen molar-refractivity contribution < 1.29 is 4.42 Å². The van der Waals surface area contributed by atoms with Gasteiger partial charge in [0.15, 0.2) is 0 Å². The minimum absolute atomic E-state index is 0.904. The van der Waals surface area contributed by atoms with Crippen molar-refractivity contribution in [1.29, 1.82) is 0 Å². The van der Waals surface area contributed by atoms with Crippen molar-refractivity contribution in [1.82, 2.24) is 9.13 Å². The van der Waals surface area contributed by atoms with E-state index in [4.69, 9.17) is 4.42 Å². The normalized spacial score (nSPS) is 11.9. The van der Waals surface area contributed by atoms with Gasteiger partial charge in [-0.1, -0.05) is 115 Å². The van der Waals surface area contributed by atoms with Crippen molar-refractivity contribution in [3.8, 4) is 33.6 Å². The molecule has 0 bridgehead atoms. The largest absolute Gasteiger partial charge is 0.456 e. The Balaban J connectivity index is 1.01. The molecule has 0 unspecified atom stereocenters. The average Bonchev–Trinajstić information content (AvgIpc) is 3.84. The van der Waals surface area contributed by atoms with Crippen molar-refractivity contribution in [2.24, 2.45) is 0 Å². The highest BCUT2D eigenvalue weighted by molar-refractivity contribution is 6.17. The first-order chi connectivity index (χ1) is 25.3. The molecule has 0 saturated carbocycles. The fourth-order valence-electron chi connectivity index (χ4n) is 8.13. The van der Waals surface area contributed by atoms with Crippen LogP contribution in [0.5, 0.6) is 0 Å². The summed E-state index contributed by atoms with van der Waals surface area (Å²) in [5.74, 6) is 0. The molecule has 0 aliphatic carbocycles. The molecule has 3 aromatic heterocycles. The van der Waals surface area contributed by atoms with Crippen LogP contribution in [0.4, 0.5) is 0 Å². The van der Waals surface area contributed by atoms with Gasteiger partial charge in [0.25, 0.3) is 0 Å². The summed E-state index contributed by atoms with van der Waals surface area (Å²) in [6, 6.07) is 65.5. The summed E-state index contributed by atoms with van der Waals surface area (Å²) in [7, 11) is 0. The fourth-order valence-corrected chi connectivity index (χ4v) is 8.13. The van der Waals surface area contributed by atoms with Crippen molar-refractivity contribution in [3.05, 3.63) is 182 Å². The van der Waals surface area contributed by atoms with Crippen LogP contribution >= 0.6 is 0 Å². The summed E-state index contributed by atoms with van der Waals surface area (Å²) in [5.41, 5.74) is 13.6. The lowest BCUT2D eigenvalue weighted by Gasteiger charge is -2.11. The van der Waals surface area contributed by atoms with Gasteiger partial charge in [0, 0.05) is 43.7 Å². The third-order valence-corrected chi connectivity index (χ3v) is 10.5. The number of benzene rings is 8. The second kappa shape index (κ2) is 10.8. The minimum atomic E-state index is 0.904. The maximum atomic E-state index is 6.44. The molecule has 0 spiro atoms. The third-order valence-electron chi connectivity index (χ3n) is 10.5. The van der Waals surface area contributed by atoms with Crippen LogP contribution in [0.15, 0.2) is 186 Å². The standard InChI is InChI=1S/C48H30N2O/c1-2-10-31(11-3-1)34-22-27-47-41(28-34)42-29-46-40(30-48(42)51-47)39-14-6-9-17-45(39)50(46)36-25-20-33(21-26-36)32-18-23-35(24-19-32)49-43-15-7-4-12-37(43)38-13-5-8-16-44(38)49/h1-30H. The molecule has 0 aliphatic heterocycles. The monoisotopic (exact) mass is 650 g/mol. The van der Waals surface area contributed by atoms with Gasteiger partial charge < -0.3 is 13.6 Å². The van der Waals surface area contributed by atoms with Crippen molar-refractivity contribution in [2.45, 2.75) is 0 Å². The maximum absolute atomic E-state index is 6.44. The smallest absolute Gasteiger partial charge is 0.136 e. The molecule has 0 saturated heterocycles. The van der Waals surface area contributed by atoms with Crippen LogP contribution in [0.1, 0.15) is 0 Å². The lowest BCUT2D eigenvalue weighted by Crippen LogP contribution is -1.94. The van der Waals surface area contributed by atoms with E-state index >= 15 is 0 Å². The molecule has 0 fully saturated rings. The first-order valence-electron chi connectivity index (χ1n) is 17.4. The Bertz CT molecular complexity index is 3050. The van der Waals surface area contributed by atoms with Gasteiger partial charge in [0.2, 0.25) is 0 Å². The highest BCUT2D eigenvalue weighted by Crippen LogP contribution is 2.40. The molecule has 11 rings (SSSR count). The van der Waals surface area contributed by atoms with E-state index in [0.29, 0.717) is 0 Å². The number of hydrogen-bond acceptors (Lipinski definition) is 1. The van der Waals surface area contributed by atoms with E-state index in [-0.39, 0.29) is 0 Å². The highest BCUT2D eigenvalue weighted by atomic mass is 16.3. The first kappa shape index (κ1) is 28.0. The Hall–Kier alpha value is -6.84. The van der Waals surface area contributed by atoms with Crippen LogP contribution in [-0.4, -0.2) is 9.13 Å². The van der Waals surface area contributed by atoms with Crippen molar-refractivity contribution in [2.75, 3.05) is 0 Å². The molecule has 0 amide bonds. The van der Waals surface area contributed by atoms with Gasteiger partial charge in [-0.05, 0) is 89.0 Å². The van der Waals surface area contributed by atoms with E-state index in [1.54, 1.807) is 0 Å². The minimum Gasteiger partial charge on any atom is -0.456 e. The molecule has 11 aromatic rings. The Morgan fingerprint density at radius 3 is 1.31 bits per heavy atom. The Morgan fingerprint density at radius 2 is 0.725 bits per heavy atom. The summed E-state index contributed by atoms with van der Waals surface area (Å²) in [4.78, 5) is 0. The highest BCUT2D eigenvalue weighted by Gasteiger charge is 2.17. The van der Waals surface area contributed by atoms with Crippen LogP contribution in [0, 0.1) is 0 Å². The van der Waals surface area contributed by atoms with Crippen LogP contribution < -0.4 is 0 Å². The molecule has 8 aromatic carbocycles. The molecule has 3 heteroatoms. The molecular formula is C48H30N2O. The van der Waals surface area contributed by atoms with Crippen LogP contribution in [-0.2, 0) is 0 Å². The SMILES string of the molecule is c1ccc(-c2ccc3oc4cc5c6ccccc6n(-c6ccc(-c7ccc(-n8c9ccccc9c9ccccc98)cc7)cc6)c5cc4c3c2)cc1. The van der Waals surface area contributed by atoms with E-state index in [9.17, 15) is 0 Å². The summed E-state index contributed by atoms with van der Waals surface area (Å²) >= 11 is 0. The first-order valence-corrected chi connectivity index (χ1v) is 17.4. The Morgan fingerprint density at radius 1 is 0.275 bits per heavy atom.